The number of aliphatic hydroxyl groups is 2. The second-order valence-electron chi connectivity index (χ2n) is 2.27. The molecule has 0 aliphatic carbocycles. The van der Waals surface area contributed by atoms with Gasteiger partial charge in [-0.1, -0.05) is 6.92 Å². The fourth-order valence-corrected chi connectivity index (χ4v) is 0.856. The minimum absolute atomic E-state index is 0.328. The van der Waals surface area contributed by atoms with Gasteiger partial charge >= 0.3 is 0 Å². The third kappa shape index (κ3) is 1.29. The Hall–Kier alpha value is -0.160. The van der Waals surface area contributed by atoms with Crippen molar-refractivity contribution in [1.82, 2.24) is 0 Å². The van der Waals surface area contributed by atoms with E-state index in [1.807, 2.05) is 0 Å². The van der Waals surface area contributed by atoms with Crippen LogP contribution in [0.15, 0.2) is 0 Å². The molecule has 0 saturated carbocycles. The second kappa shape index (κ2) is 2.84. The lowest BCUT2D eigenvalue weighted by Crippen LogP contribution is -2.50. The van der Waals surface area contributed by atoms with Crippen LogP contribution in [0.3, 0.4) is 0 Å². The lowest BCUT2D eigenvalue weighted by atomic mass is 10.2. The SMILES string of the molecule is CCC1(O)OCCOC1O. The van der Waals surface area contributed by atoms with Crippen LogP contribution < -0.4 is 0 Å². The zero-order valence-electron chi connectivity index (χ0n) is 5.91. The van der Waals surface area contributed by atoms with Crippen molar-refractivity contribution in [3.63, 3.8) is 0 Å². The average Bonchev–Trinajstić information content (AvgIpc) is 1.96. The molecule has 1 aliphatic heterocycles. The Morgan fingerprint density at radius 2 is 2.30 bits per heavy atom. The van der Waals surface area contributed by atoms with Crippen LogP contribution in [0.5, 0.6) is 0 Å². The number of rotatable bonds is 1. The van der Waals surface area contributed by atoms with E-state index in [-0.39, 0.29) is 0 Å². The van der Waals surface area contributed by atoms with E-state index in [1.165, 1.54) is 0 Å². The molecule has 1 rings (SSSR count). The smallest absolute Gasteiger partial charge is 0.217 e. The van der Waals surface area contributed by atoms with Gasteiger partial charge in [0.1, 0.15) is 0 Å². The Balaban J connectivity index is 2.54. The molecule has 0 spiro atoms. The van der Waals surface area contributed by atoms with Crippen molar-refractivity contribution in [2.45, 2.75) is 25.4 Å². The highest BCUT2D eigenvalue weighted by atomic mass is 16.7. The topological polar surface area (TPSA) is 58.9 Å². The Morgan fingerprint density at radius 1 is 1.60 bits per heavy atom. The third-order valence-electron chi connectivity index (χ3n) is 1.60. The van der Waals surface area contributed by atoms with Gasteiger partial charge in [0.25, 0.3) is 0 Å². The zero-order valence-corrected chi connectivity index (χ0v) is 5.91. The molecule has 1 fully saturated rings. The first kappa shape index (κ1) is 7.94. The van der Waals surface area contributed by atoms with Crippen molar-refractivity contribution in [2.75, 3.05) is 13.2 Å². The number of aliphatic hydroxyl groups excluding tert-OH is 1. The normalized spacial score (nSPS) is 41.7. The highest BCUT2D eigenvalue weighted by Gasteiger charge is 2.38. The first-order valence-electron chi connectivity index (χ1n) is 3.35. The lowest BCUT2D eigenvalue weighted by molar-refractivity contribution is -0.359. The first-order valence-corrected chi connectivity index (χ1v) is 3.35. The standard InChI is InChI=1S/C6H12O4/c1-2-6(8)5(7)9-3-4-10-6/h5,7-8H,2-4H2,1H3. The van der Waals surface area contributed by atoms with E-state index in [0.29, 0.717) is 19.6 Å². The fraction of sp³-hybridized carbons (Fsp3) is 1.00. The van der Waals surface area contributed by atoms with Crippen LogP contribution in [0.1, 0.15) is 13.3 Å². The van der Waals surface area contributed by atoms with Crippen molar-refractivity contribution in [1.29, 1.82) is 0 Å². The third-order valence-corrected chi connectivity index (χ3v) is 1.60. The van der Waals surface area contributed by atoms with Crippen molar-refractivity contribution >= 4 is 0 Å². The summed E-state index contributed by atoms with van der Waals surface area (Å²) in [7, 11) is 0. The molecule has 1 heterocycles. The van der Waals surface area contributed by atoms with Gasteiger partial charge < -0.3 is 19.7 Å². The van der Waals surface area contributed by atoms with Gasteiger partial charge in [0, 0.05) is 6.42 Å². The Morgan fingerprint density at radius 3 is 2.70 bits per heavy atom. The monoisotopic (exact) mass is 148 g/mol. The van der Waals surface area contributed by atoms with Crippen molar-refractivity contribution in [2.24, 2.45) is 0 Å². The summed E-state index contributed by atoms with van der Waals surface area (Å²) in [6.07, 6.45) is -0.875. The minimum atomic E-state index is -1.49. The molecule has 10 heavy (non-hydrogen) atoms. The van der Waals surface area contributed by atoms with Gasteiger partial charge in [-0.3, -0.25) is 0 Å². The van der Waals surface area contributed by atoms with E-state index in [0.717, 1.165) is 0 Å². The summed E-state index contributed by atoms with van der Waals surface area (Å²) in [6, 6.07) is 0. The van der Waals surface area contributed by atoms with Crippen LogP contribution >= 0.6 is 0 Å². The summed E-state index contributed by atoms with van der Waals surface area (Å²) < 4.78 is 9.67. The van der Waals surface area contributed by atoms with Crippen LogP contribution in [0, 0.1) is 0 Å². The van der Waals surface area contributed by atoms with E-state index in [9.17, 15) is 5.11 Å². The Labute approximate surface area is 59.4 Å². The Bertz CT molecular complexity index is 116. The summed E-state index contributed by atoms with van der Waals surface area (Å²) >= 11 is 0. The molecule has 1 saturated heterocycles. The summed E-state index contributed by atoms with van der Waals surface area (Å²) in [5.41, 5.74) is 0. The molecule has 0 bridgehead atoms. The molecule has 0 aromatic rings. The van der Waals surface area contributed by atoms with E-state index in [2.05, 4.69) is 0 Å². The summed E-state index contributed by atoms with van der Waals surface area (Å²) in [6.45, 7) is 2.39. The van der Waals surface area contributed by atoms with Crippen LogP contribution in [0.4, 0.5) is 0 Å². The molecule has 0 aromatic heterocycles. The lowest BCUT2D eigenvalue weighted by Gasteiger charge is -2.35. The van der Waals surface area contributed by atoms with E-state index in [1.54, 1.807) is 6.92 Å². The molecule has 2 N–H and O–H groups in total. The zero-order chi connectivity index (χ0) is 7.61. The van der Waals surface area contributed by atoms with Crippen molar-refractivity contribution < 1.29 is 19.7 Å². The van der Waals surface area contributed by atoms with Gasteiger partial charge in [-0.15, -0.1) is 0 Å². The highest BCUT2D eigenvalue weighted by molar-refractivity contribution is 4.71. The van der Waals surface area contributed by atoms with Crippen molar-refractivity contribution in [3.8, 4) is 0 Å². The second-order valence-corrected chi connectivity index (χ2v) is 2.27. The van der Waals surface area contributed by atoms with Gasteiger partial charge in [0.15, 0.2) is 0 Å². The molecule has 2 atom stereocenters. The molecular formula is C6H12O4. The minimum Gasteiger partial charge on any atom is -0.364 e. The molecule has 0 amide bonds. The van der Waals surface area contributed by atoms with Gasteiger partial charge in [0.2, 0.25) is 12.1 Å². The molecule has 0 aromatic carbocycles. The van der Waals surface area contributed by atoms with Gasteiger partial charge in [-0.2, -0.15) is 0 Å². The predicted octanol–water partition coefficient (Wildman–Crippen LogP) is -0.550. The highest BCUT2D eigenvalue weighted by Crippen LogP contribution is 2.21. The molecular weight excluding hydrogens is 136 g/mol. The maximum Gasteiger partial charge on any atom is 0.217 e. The summed E-state index contributed by atoms with van der Waals surface area (Å²) in [5.74, 6) is -1.49. The van der Waals surface area contributed by atoms with Crippen LogP contribution in [0.2, 0.25) is 0 Å². The summed E-state index contributed by atoms with van der Waals surface area (Å²) in [5, 5.41) is 18.4. The van der Waals surface area contributed by atoms with Crippen LogP contribution in [-0.2, 0) is 9.47 Å². The summed E-state index contributed by atoms with van der Waals surface area (Å²) in [4.78, 5) is 0. The number of hydrogen-bond donors (Lipinski definition) is 2. The van der Waals surface area contributed by atoms with Crippen molar-refractivity contribution in [3.05, 3.63) is 0 Å². The molecule has 0 radical (unpaired) electrons. The first-order chi connectivity index (χ1) is 4.69. The fourth-order valence-electron chi connectivity index (χ4n) is 0.856. The Kier molecular flexibility index (Phi) is 2.25. The van der Waals surface area contributed by atoms with Gasteiger partial charge in [-0.05, 0) is 0 Å². The predicted molar refractivity (Wildman–Crippen MR) is 33.2 cm³/mol. The van der Waals surface area contributed by atoms with E-state index < -0.39 is 12.1 Å². The van der Waals surface area contributed by atoms with E-state index in [4.69, 9.17) is 14.6 Å². The molecule has 1 aliphatic rings. The molecule has 4 heteroatoms. The van der Waals surface area contributed by atoms with Gasteiger partial charge in [0.05, 0.1) is 13.2 Å². The molecule has 4 nitrogen and oxygen atoms in total. The van der Waals surface area contributed by atoms with Crippen LogP contribution in [0.25, 0.3) is 0 Å². The largest absolute Gasteiger partial charge is 0.364 e. The molecule has 60 valence electrons. The number of hydrogen-bond acceptors (Lipinski definition) is 4. The average molecular weight is 148 g/mol. The van der Waals surface area contributed by atoms with Crippen LogP contribution in [-0.4, -0.2) is 35.5 Å². The number of ether oxygens (including phenoxy) is 2. The maximum absolute atomic E-state index is 9.35. The van der Waals surface area contributed by atoms with E-state index >= 15 is 0 Å². The van der Waals surface area contributed by atoms with Gasteiger partial charge in [-0.25, -0.2) is 0 Å². The quantitative estimate of drug-likeness (QED) is 0.524. The molecule has 2 unspecified atom stereocenters. The maximum atomic E-state index is 9.35.